The van der Waals surface area contributed by atoms with E-state index in [0.29, 0.717) is 19.5 Å². The van der Waals surface area contributed by atoms with Gasteiger partial charge in [0.25, 0.3) is 0 Å². The molecule has 0 aromatic heterocycles. The van der Waals surface area contributed by atoms with Crippen LogP contribution in [0.25, 0.3) is 0 Å². The lowest BCUT2D eigenvalue weighted by atomic mass is 9.80. The summed E-state index contributed by atoms with van der Waals surface area (Å²) in [5.74, 6) is -0.766. The Labute approximate surface area is 171 Å². The maximum atomic E-state index is 12.4. The van der Waals surface area contributed by atoms with Crippen LogP contribution in [-0.2, 0) is 25.7 Å². The number of β-lactam (4-membered cyclic amide) rings is 1. The lowest BCUT2D eigenvalue weighted by Gasteiger charge is -2.40. The number of hydrogen-bond acceptors (Lipinski definition) is 5. The van der Waals surface area contributed by atoms with Crippen LogP contribution >= 0.6 is 0 Å². The van der Waals surface area contributed by atoms with E-state index in [9.17, 15) is 14.4 Å². The molecule has 1 aromatic carbocycles. The van der Waals surface area contributed by atoms with E-state index in [1.54, 1.807) is 4.90 Å². The fourth-order valence-electron chi connectivity index (χ4n) is 3.81. The fourth-order valence-corrected chi connectivity index (χ4v) is 3.81. The van der Waals surface area contributed by atoms with Gasteiger partial charge in [0.15, 0.2) is 0 Å². The van der Waals surface area contributed by atoms with Crippen molar-refractivity contribution in [3.05, 3.63) is 35.9 Å². The molecular formula is C22H30N2O5. The summed E-state index contributed by atoms with van der Waals surface area (Å²) in [4.78, 5) is 38.5. The van der Waals surface area contributed by atoms with Crippen LogP contribution in [0.1, 0.15) is 45.6 Å². The minimum atomic E-state index is -0.608. The van der Waals surface area contributed by atoms with Gasteiger partial charge in [-0.2, -0.15) is 0 Å². The van der Waals surface area contributed by atoms with Crippen molar-refractivity contribution in [3.63, 3.8) is 0 Å². The molecule has 2 aliphatic heterocycles. The van der Waals surface area contributed by atoms with Crippen molar-refractivity contribution in [3.8, 4) is 0 Å². The summed E-state index contributed by atoms with van der Waals surface area (Å²) in [6.07, 6.45) is 2.03. The number of nitrogens with zero attached hydrogens (tertiary/aromatic N) is 1. The van der Waals surface area contributed by atoms with Gasteiger partial charge in [-0.25, -0.2) is 9.59 Å². The Morgan fingerprint density at radius 2 is 1.93 bits per heavy atom. The highest BCUT2D eigenvalue weighted by Gasteiger charge is 2.46. The number of nitrogens with one attached hydrogen (secondary N) is 1. The van der Waals surface area contributed by atoms with Crippen LogP contribution in [0, 0.1) is 11.8 Å². The predicted octanol–water partition coefficient (Wildman–Crippen LogP) is 2.88. The number of rotatable bonds is 5. The van der Waals surface area contributed by atoms with Gasteiger partial charge in [0.1, 0.15) is 18.2 Å². The third-order valence-electron chi connectivity index (χ3n) is 5.27. The van der Waals surface area contributed by atoms with Crippen molar-refractivity contribution < 1.29 is 23.9 Å². The Hall–Kier alpha value is -2.57. The van der Waals surface area contributed by atoms with Crippen LogP contribution < -0.4 is 5.32 Å². The molecule has 2 heterocycles. The molecule has 0 saturated carbocycles. The Morgan fingerprint density at radius 1 is 1.21 bits per heavy atom. The van der Waals surface area contributed by atoms with Gasteiger partial charge in [-0.3, -0.25) is 4.79 Å². The first-order chi connectivity index (χ1) is 13.7. The molecule has 29 heavy (non-hydrogen) atoms. The smallest absolute Gasteiger partial charge is 0.410 e. The van der Waals surface area contributed by atoms with E-state index >= 15 is 0 Å². The van der Waals surface area contributed by atoms with Crippen molar-refractivity contribution in [1.29, 1.82) is 0 Å². The van der Waals surface area contributed by atoms with E-state index in [1.165, 1.54) is 0 Å². The summed E-state index contributed by atoms with van der Waals surface area (Å²) in [6, 6.07) is 8.84. The van der Waals surface area contributed by atoms with E-state index in [-0.39, 0.29) is 24.5 Å². The second-order valence-corrected chi connectivity index (χ2v) is 8.86. The number of hydrogen-bond donors (Lipinski definition) is 1. The van der Waals surface area contributed by atoms with Gasteiger partial charge in [-0.15, -0.1) is 0 Å². The van der Waals surface area contributed by atoms with E-state index in [0.717, 1.165) is 18.4 Å². The third-order valence-corrected chi connectivity index (χ3v) is 5.27. The zero-order valence-corrected chi connectivity index (χ0v) is 17.3. The van der Waals surface area contributed by atoms with Gasteiger partial charge < -0.3 is 19.7 Å². The highest BCUT2D eigenvalue weighted by molar-refractivity contribution is 5.97. The van der Waals surface area contributed by atoms with Crippen LogP contribution in [0.3, 0.4) is 0 Å². The number of carbonyl (C=O) groups is 3. The van der Waals surface area contributed by atoms with Crippen LogP contribution in [0.2, 0.25) is 0 Å². The molecule has 0 spiro atoms. The topological polar surface area (TPSA) is 84.9 Å². The zero-order chi connectivity index (χ0) is 21.0. The molecule has 3 unspecified atom stereocenters. The fraction of sp³-hybridized carbons (Fsp3) is 0.591. The molecule has 3 rings (SSSR count). The number of piperidine rings is 1. The summed E-state index contributed by atoms with van der Waals surface area (Å²) < 4.78 is 10.8. The third kappa shape index (κ3) is 5.71. The summed E-state index contributed by atoms with van der Waals surface area (Å²) in [5.41, 5.74) is 0.370. The molecule has 2 fully saturated rings. The van der Waals surface area contributed by atoms with Crippen molar-refractivity contribution in [2.24, 2.45) is 11.8 Å². The number of likely N-dealkylation sites (tertiary alicyclic amines) is 1. The molecule has 2 amide bonds. The van der Waals surface area contributed by atoms with Crippen LogP contribution in [-0.4, -0.2) is 47.6 Å². The number of carbonyl (C=O) groups excluding carboxylic acids is 3. The van der Waals surface area contributed by atoms with Crippen molar-refractivity contribution >= 4 is 18.0 Å². The first-order valence-electron chi connectivity index (χ1n) is 10.2. The molecule has 7 nitrogen and oxygen atoms in total. The molecule has 158 valence electrons. The van der Waals surface area contributed by atoms with E-state index in [2.05, 4.69) is 5.32 Å². The number of esters is 1. The number of benzene rings is 1. The van der Waals surface area contributed by atoms with Gasteiger partial charge >= 0.3 is 12.1 Å². The first kappa shape index (κ1) is 21.1. The predicted molar refractivity (Wildman–Crippen MR) is 107 cm³/mol. The van der Waals surface area contributed by atoms with Crippen molar-refractivity contribution in [2.45, 2.75) is 58.3 Å². The molecule has 7 heteroatoms. The molecule has 0 radical (unpaired) electrons. The summed E-state index contributed by atoms with van der Waals surface area (Å²) >= 11 is 0. The zero-order valence-electron chi connectivity index (χ0n) is 17.3. The minimum absolute atomic E-state index is 0.124. The minimum Gasteiger partial charge on any atom is -0.459 e. The van der Waals surface area contributed by atoms with E-state index in [4.69, 9.17) is 9.47 Å². The number of ether oxygens (including phenoxy) is 2. The Kier molecular flexibility index (Phi) is 6.45. The average Bonchev–Trinajstić information content (AvgIpc) is 2.68. The molecule has 2 saturated heterocycles. The summed E-state index contributed by atoms with van der Waals surface area (Å²) in [7, 11) is 0. The quantitative estimate of drug-likeness (QED) is 0.605. The molecule has 0 bridgehead atoms. The molecule has 2 aliphatic rings. The maximum Gasteiger partial charge on any atom is 0.410 e. The molecule has 1 N–H and O–H groups in total. The second-order valence-electron chi connectivity index (χ2n) is 8.86. The van der Waals surface area contributed by atoms with Gasteiger partial charge in [0, 0.05) is 13.1 Å². The highest BCUT2D eigenvalue weighted by atomic mass is 16.6. The van der Waals surface area contributed by atoms with Gasteiger partial charge in [0.05, 0.1) is 5.92 Å². The Morgan fingerprint density at radius 3 is 2.59 bits per heavy atom. The Balaban J connectivity index is 1.51. The van der Waals surface area contributed by atoms with Gasteiger partial charge in [0.2, 0.25) is 5.91 Å². The molecule has 1 aromatic rings. The van der Waals surface area contributed by atoms with Gasteiger partial charge in [-0.05, 0) is 51.5 Å². The first-order valence-corrected chi connectivity index (χ1v) is 10.2. The molecule has 3 atom stereocenters. The Bertz CT molecular complexity index is 743. The highest BCUT2D eigenvalue weighted by Crippen LogP contribution is 2.30. The van der Waals surface area contributed by atoms with Gasteiger partial charge in [-0.1, -0.05) is 30.3 Å². The van der Waals surface area contributed by atoms with Crippen LogP contribution in [0.4, 0.5) is 4.79 Å². The van der Waals surface area contributed by atoms with E-state index < -0.39 is 23.5 Å². The lowest BCUT2D eigenvalue weighted by molar-refractivity contribution is -0.159. The summed E-state index contributed by atoms with van der Waals surface area (Å²) in [5, 5.41) is 2.66. The standard InChI is InChI=1S/C22H30N2O5/c1-22(2,3)29-21(27)24-11-7-10-16(13-24)12-17-18(23-19(17)25)20(26)28-14-15-8-5-4-6-9-15/h4-6,8-9,16-18H,7,10-14H2,1-3H3,(H,23,25). The average molecular weight is 402 g/mol. The normalized spacial score (nSPS) is 24.3. The monoisotopic (exact) mass is 402 g/mol. The number of amides is 2. The van der Waals surface area contributed by atoms with Crippen LogP contribution in [0.5, 0.6) is 0 Å². The summed E-state index contributed by atoms with van der Waals surface area (Å²) in [6.45, 7) is 6.92. The lowest BCUT2D eigenvalue weighted by Crippen LogP contribution is -2.63. The SMILES string of the molecule is CC(C)(C)OC(=O)N1CCCC(CC2C(=O)NC2C(=O)OCc2ccccc2)C1. The second kappa shape index (κ2) is 8.84. The largest absolute Gasteiger partial charge is 0.459 e. The van der Waals surface area contributed by atoms with E-state index in [1.807, 2.05) is 51.1 Å². The maximum absolute atomic E-state index is 12.4. The van der Waals surface area contributed by atoms with Crippen LogP contribution in [0.15, 0.2) is 30.3 Å². The van der Waals surface area contributed by atoms with Crippen molar-refractivity contribution in [2.75, 3.05) is 13.1 Å². The molecular weight excluding hydrogens is 372 g/mol. The molecule has 0 aliphatic carbocycles. The van der Waals surface area contributed by atoms with Crippen molar-refractivity contribution in [1.82, 2.24) is 10.2 Å².